The molecule has 1 heterocycles. The molecule has 0 bridgehead atoms. The van der Waals surface area contributed by atoms with Gasteiger partial charge in [0.05, 0.1) is 6.61 Å². The van der Waals surface area contributed by atoms with Gasteiger partial charge in [-0.25, -0.2) is 4.52 Å². The van der Waals surface area contributed by atoms with Crippen LogP contribution in [0.3, 0.4) is 0 Å². The van der Waals surface area contributed by atoms with Gasteiger partial charge in [-0.3, -0.25) is 0 Å². The first kappa shape index (κ1) is 15.7. The van der Waals surface area contributed by atoms with Crippen LogP contribution in [0.1, 0.15) is 5.56 Å². The predicted octanol–water partition coefficient (Wildman–Crippen LogP) is 4.94. The highest BCUT2D eigenvalue weighted by Gasteiger charge is 2.40. The van der Waals surface area contributed by atoms with Crippen LogP contribution in [0.4, 0.5) is 0 Å². The van der Waals surface area contributed by atoms with Crippen molar-refractivity contribution in [3.63, 3.8) is 0 Å². The zero-order valence-electron chi connectivity index (χ0n) is 13.1. The molecule has 0 aromatic heterocycles. The zero-order chi connectivity index (χ0) is 16.4. The van der Waals surface area contributed by atoms with E-state index in [4.69, 9.17) is 21.3 Å². The van der Waals surface area contributed by atoms with E-state index in [1.165, 1.54) is 5.56 Å². The molecule has 0 N–H and O–H groups in total. The third-order valence-electron chi connectivity index (χ3n) is 4.09. The average molecular weight is 352 g/mol. The Morgan fingerprint density at radius 3 is 2.29 bits per heavy atom. The van der Waals surface area contributed by atoms with E-state index in [0.29, 0.717) is 6.61 Å². The van der Waals surface area contributed by atoms with E-state index in [2.05, 4.69) is 24.3 Å². The largest absolute Gasteiger partial charge is 0.477 e. The summed E-state index contributed by atoms with van der Waals surface area (Å²) >= 11 is 5.87. The Hall–Kier alpha value is -1.80. The molecule has 4 heteroatoms. The predicted molar refractivity (Wildman–Crippen MR) is 103 cm³/mol. The molecular formula is C20H17O2PS. The third-order valence-corrected chi connectivity index (χ3v) is 7.16. The molecule has 0 saturated carbocycles. The Kier molecular flexibility index (Phi) is 4.32. The quantitative estimate of drug-likeness (QED) is 0.489. The summed E-state index contributed by atoms with van der Waals surface area (Å²) in [6, 6.07) is 26.5. The molecule has 24 heavy (non-hydrogen) atoms. The number of hydrogen-bond acceptors (Lipinski definition) is 3. The fourth-order valence-corrected chi connectivity index (χ4v) is 5.65. The summed E-state index contributed by atoms with van der Waals surface area (Å²) in [6.45, 7) is -1.99. The second-order valence-corrected chi connectivity index (χ2v) is 9.03. The Balaban J connectivity index is 1.61. The van der Waals surface area contributed by atoms with Crippen molar-refractivity contribution in [3.8, 4) is 16.9 Å². The van der Waals surface area contributed by atoms with Crippen molar-refractivity contribution in [1.29, 1.82) is 0 Å². The second kappa shape index (κ2) is 6.60. The monoisotopic (exact) mass is 352 g/mol. The van der Waals surface area contributed by atoms with Gasteiger partial charge in [0.2, 0.25) is 6.92 Å². The van der Waals surface area contributed by atoms with E-state index in [9.17, 15) is 0 Å². The third kappa shape index (κ3) is 2.95. The van der Waals surface area contributed by atoms with Crippen LogP contribution >= 0.6 is 6.92 Å². The van der Waals surface area contributed by atoms with Gasteiger partial charge >= 0.3 is 0 Å². The molecule has 0 radical (unpaired) electrons. The maximum absolute atomic E-state index is 6.19. The fraction of sp³-hybridized carbons (Fsp3) is 0.100. The molecule has 3 aromatic rings. The van der Waals surface area contributed by atoms with Crippen molar-refractivity contribution >= 4 is 24.5 Å². The minimum atomic E-state index is -2.54. The molecule has 0 aliphatic carbocycles. The lowest BCUT2D eigenvalue weighted by atomic mass is 10.0. The molecule has 120 valence electrons. The van der Waals surface area contributed by atoms with Crippen LogP contribution in [-0.4, -0.2) is 6.61 Å². The normalized spacial score (nSPS) is 18.4. The van der Waals surface area contributed by atoms with Crippen molar-refractivity contribution < 1.29 is 9.05 Å². The van der Waals surface area contributed by atoms with Crippen molar-refractivity contribution in [2.24, 2.45) is 0 Å². The summed E-state index contributed by atoms with van der Waals surface area (Å²) in [5.74, 6) is 0.819. The Bertz CT molecular complexity index is 853. The molecule has 0 amide bonds. The molecular weight excluding hydrogens is 335 g/mol. The van der Waals surface area contributed by atoms with Gasteiger partial charge in [-0.15, -0.1) is 0 Å². The van der Waals surface area contributed by atoms with E-state index in [-0.39, 0.29) is 0 Å². The van der Waals surface area contributed by atoms with Gasteiger partial charge < -0.3 is 16.8 Å². The molecule has 0 fully saturated rings. The number of rotatable bonds is 4. The van der Waals surface area contributed by atoms with Crippen LogP contribution < -0.4 is 9.83 Å². The Morgan fingerprint density at radius 2 is 1.46 bits per heavy atom. The summed E-state index contributed by atoms with van der Waals surface area (Å²) < 4.78 is 12.3. The summed E-state index contributed by atoms with van der Waals surface area (Å²) in [5.41, 5.74) is 3.45. The smallest absolute Gasteiger partial charge is 0.238 e. The lowest BCUT2D eigenvalue weighted by molar-refractivity contribution is 0.319. The second-order valence-electron chi connectivity index (χ2n) is 5.67. The van der Waals surface area contributed by atoms with Gasteiger partial charge in [-0.1, -0.05) is 66.7 Å². The first-order chi connectivity index (χ1) is 11.8. The molecule has 1 unspecified atom stereocenters. The van der Waals surface area contributed by atoms with E-state index >= 15 is 0 Å². The van der Waals surface area contributed by atoms with E-state index in [0.717, 1.165) is 28.6 Å². The first-order valence-electron chi connectivity index (χ1n) is 7.93. The molecule has 2 nitrogen and oxygen atoms in total. The molecule has 1 aliphatic rings. The van der Waals surface area contributed by atoms with Crippen LogP contribution in [0.25, 0.3) is 11.1 Å². The van der Waals surface area contributed by atoms with Crippen molar-refractivity contribution in [1.82, 2.24) is 0 Å². The van der Waals surface area contributed by atoms with E-state index in [1.807, 2.05) is 54.6 Å². The van der Waals surface area contributed by atoms with Crippen LogP contribution in [0.5, 0.6) is 5.75 Å². The van der Waals surface area contributed by atoms with Crippen LogP contribution in [0.15, 0.2) is 78.9 Å². The van der Waals surface area contributed by atoms with E-state index < -0.39 is 6.92 Å². The van der Waals surface area contributed by atoms with Crippen LogP contribution in [-0.2, 0) is 23.2 Å². The highest BCUT2D eigenvalue weighted by atomic mass is 32.7. The van der Waals surface area contributed by atoms with E-state index in [1.54, 1.807) is 0 Å². The highest BCUT2D eigenvalue weighted by Crippen LogP contribution is 2.62. The minimum absolute atomic E-state index is 0.553. The number of para-hydroxylation sites is 1. The van der Waals surface area contributed by atoms with Crippen LogP contribution in [0, 0.1) is 0 Å². The lowest BCUT2D eigenvalue weighted by Crippen LogP contribution is -2.23. The standard InChI is InChI=1S/C20H17O2PS/c24-23(21-15-14-16-8-2-1-3-9-16)20-13-7-5-11-18(20)17-10-4-6-12-19(17)22-23/h1-13H,14-15H2. The van der Waals surface area contributed by atoms with Gasteiger partial charge in [0.1, 0.15) is 5.30 Å². The van der Waals surface area contributed by atoms with Crippen molar-refractivity contribution in [3.05, 3.63) is 84.4 Å². The topological polar surface area (TPSA) is 18.5 Å². The summed E-state index contributed by atoms with van der Waals surface area (Å²) in [6.07, 6.45) is 0.826. The van der Waals surface area contributed by atoms with Gasteiger partial charge in [-0.2, -0.15) is 0 Å². The number of benzene rings is 3. The Morgan fingerprint density at radius 1 is 0.792 bits per heavy atom. The fourth-order valence-electron chi connectivity index (χ4n) is 2.91. The lowest BCUT2D eigenvalue weighted by Gasteiger charge is -2.34. The zero-order valence-corrected chi connectivity index (χ0v) is 14.8. The summed E-state index contributed by atoms with van der Waals surface area (Å²) in [4.78, 5) is 0. The molecule has 1 aliphatic heterocycles. The maximum Gasteiger partial charge on any atom is 0.238 e. The molecule has 0 spiro atoms. The molecule has 3 aromatic carbocycles. The summed E-state index contributed by atoms with van der Waals surface area (Å²) in [5, 5.41) is 1.01. The highest BCUT2D eigenvalue weighted by molar-refractivity contribution is 8.41. The van der Waals surface area contributed by atoms with Gasteiger partial charge in [0, 0.05) is 17.5 Å². The molecule has 4 rings (SSSR count). The summed E-state index contributed by atoms with van der Waals surface area (Å²) in [7, 11) is 0. The maximum atomic E-state index is 6.19. The minimum Gasteiger partial charge on any atom is -0.477 e. The molecule has 0 saturated heterocycles. The average Bonchev–Trinajstić information content (AvgIpc) is 2.63. The van der Waals surface area contributed by atoms with Gasteiger partial charge in [0.15, 0.2) is 5.75 Å². The molecule has 1 atom stereocenters. The Labute approximate surface area is 148 Å². The van der Waals surface area contributed by atoms with Gasteiger partial charge in [0.25, 0.3) is 0 Å². The number of hydrogen-bond donors (Lipinski definition) is 0. The van der Waals surface area contributed by atoms with Crippen molar-refractivity contribution in [2.75, 3.05) is 6.61 Å². The van der Waals surface area contributed by atoms with Crippen molar-refractivity contribution in [2.45, 2.75) is 6.42 Å². The van der Waals surface area contributed by atoms with Crippen LogP contribution in [0.2, 0.25) is 0 Å². The number of fused-ring (bicyclic) bond motifs is 3. The first-order valence-corrected chi connectivity index (χ1v) is 10.6. The SMILES string of the molecule is [S-][P+]1(OCCc2ccccc2)Oc2ccccc2-c2ccccc21. The van der Waals surface area contributed by atoms with Gasteiger partial charge in [-0.05, 0) is 17.7 Å².